The van der Waals surface area contributed by atoms with E-state index in [9.17, 15) is 4.79 Å². The molecule has 0 saturated carbocycles. The van der Waals surface area contributed by atoms with E-state index < -0.39 is 0 Å². The van der Waals surface area contributed by atoms with Crippen molar-refractivity contribution in [2.75, 3.05) is 7.05 Å². The fraction of sp³-hybridized carbons (Fsp3) is 0.353. The third-order valence-corrected chi connectivity index (χ3v) is 3.96. The molecule has 0 saturated heterocycles. The van der Waals surface area contributed by atoms with Gasteiger partial charge in [0.15, 0.2) is 5.78 Å². The molecule has 1 N–H and O–H groups in total. The molecule has 1 aromatic carbocycles. The molecule has 2 aromatic rings. The number of carbonyl (C=O) groups excluding carboxylic acids is 1. The van der Waals surface area contributed by atoms with Gasteiger partial charge in [0.2, 0.25) is 0 Å². The lowest BCUT2D eigenvalue weighted by Crippen LogP contribution is -2.06. The second kappa shape index (κ2) is 5.63. The number of ketones is 1. The molecule has 20 heavy (non-hydrogen) atoms. The number of nitrogens with zero attached hydrogens (tertiary/aromatic N) is 1. The Kier molecular flexibility index (Phi) is 3.70. The molecule has 0 amide bonds. The van der Waals surface area contributed by atoms with Crippen LogP contribution >= 0.6 is 0 Å². The highest BCUT2D eigenvalue weighted by Gasteiger charge is 2.19. The van der Waals surface area contributed by atoms with Crippen molar-refractivity contribution in [3.05, 3.63) is 53.3 Å². The van der Waals surface area contributed by atoms with Gasteiger partial charge in [-0.1, -0.05) is 12.1 Å². The lowest BCUT2D eigenvalue weighted by atomic mass is 10.1. The molecule has 1 aliphatic carbocycles. The van der Waals surface area contributed by atoms with E-state index in [-0.39, 0.29) is 0 Å². The van der Waals surface area contributed by atoms with Gasteiger partial charge in [0.25, 0.3) is 0 Å². The van der Waals surface area contributed by atoms with Crippen LogP contribution in [0.5, 0.6) is 0 Å². The smallest absolute Gasteiger partial charge is 0.164 e. The second-order valence-electron chi connectivity index (χ2n) is 5.37. The van der Waals surface area contributed by atoms with Crippen molar-refractivity contribution < 1.29 is 4.79 Å². The van der Waals surface area contributed by atoms with Gasteiger partial charge in [-0.05, 0) is 50.1 Å². The number of carbonyl (C=O) groups is 1. The van der Waals surface area contributed by atoms with E-state index in [1.165, 1.54) is 11.3 Å². The predicted octanol–water partition coefficient (Wildman–Crippen LogP) is 3.11. The molecule has 0 fully saturated rings. The fourth-order valence-electron chi connectivity index (χ4n) is 2.91. The first-order valence-electron chi connectivity index (χ1n) is 7.27. The van der Waals surface area contributed by atoms with Crippen molar-refractivity contribution in [1.29, 1.82) is 0 Å². The van der Waals surface area contributed by atoms with Crippen LogP contribution < -0.4 is 5.32 Å². The van der Waals surface area contributed by atoms with Crippen LogP contribution in [-0.2, 0) is 13.0 Å². The third kappa shape index (κ3) is 2.41. The monoisotopic (exact) mass is 268 g/mol. The van der Waals surface area contributed by atoms with Gasteiger partial charge in [-0.2, -0.15) is 0 Å². The van der Waals surface area contributed by atoms with Crippen molar-refractivity contribution >= 4 is 5.78 Å². The highest BCUT2D eigenvalue weighted by Crippen LogP contribution is 2.24. The normalized spacial score (nSPS) is 14.9. The summed E-state index contributed by atoms with van der Waals surface area (Å²) >= 11 is 0. The van der Waals surface area contributed by atoms with Crippen molar-refractivity contribution in [2.24, 2.45) is 0 Å². The minimum atomic E-state index is 0.294. The Morgan fingerprint density at radius 1 is 1.10 bits per heavy atom. The molecule has 0 atom stereocenters. The fourth-order valence-corrected chi connectivity index (χ4v) is 2.91. The average Bonchev–Trinajstić information content (AvgIpc) is 2.80. The lowest BCUT2D eigenvalue weighted by Gasteiger charge is -2.10. The van der Waals surface area contributed by atoms with Crippen LogP contribution in [0.3, 0.4) is 0 Å². The Bertz CT molecular complexity index is 610. The SMILES string of the molecule is CNCc1ccc(-n2ccc3c2CCCCC3=O)cc1. The number of Topliss-reactive ketones (excluding diaryl/α,β-unsaturated/α-hetero) is 1. The Morgan fingerprint density at radius 3 is 2.60 bits per heavy atom. The van der Waals surface area contributed by atoms with Gasteiger partial charge in [0.1, 0.15) is 0 Å². The molecular weight excluding hydrogens is 248 g/mol. The molecule has 3 nitrogen and oxygen atoms in total. The minimum absolute atomic E-state index is 0.294. The minimum Gasteiger partial charge on any atom is -0.320 e. The van der Waals surface area contributed by atoms with Crippen LogP contribution in [0.25, 0.3) is 5.69 Å². The molecule has 3 heteroatoms. The van der Waals surface area contributed by atoms with Crippen molar-refractivity contribution in [1.82, 2.24) is 9.88 Å². The zero-order valence-corrected chi connectivity index (χ0v) is 11.9. The summed E-state index contributed by atoms with van der Waals surface area (Å²) in [5.74, 6) is 0.294. The number of fused-ring (bicyclic) bond motifs is 1. The van der Waals surface area contributed by atoms with Crippen LogP contribution in [0.15, 0.2) is 36.5 Å². The van der Waals surface area contributed by atoms with Gasteiger partial charge < -0.3 is 9.88 Å². The Labute approximate surface area is 119 Å². The lowest BCUT2D eigenvalue weighted by molar-refractivity contribution is 0.0982. The quantitative estimate of drug-likeness (QED) is 0.868. The first-order valence-corrected chi connectivity index (χ1v) is 7.27. The van der Waals surface area contributed by atoms with Gasteiger partial charge in [-0.15, -0.1) is 0 Å². The topological polar surface area (TPSA) is 34.0 Å². The number of rotatable bonds is 3. The van der Waals surface area contributed by atoms with Gasteiger partial charge >= 0.3 is 0 Å². The summed E-state index contributed by atoms with van der Waals surface area (Å²) in [6.07, 6.45) is 5.82. The largest absolute Gasteiger partial charge is 0.320 e. The molecule has 0 bridgehead atoms. The molecule has 1 aliphatic rings. The van der Waals surface area contributed by atoms with E-state index in [2.05, 4.69) is 34.1 Å². The van der Waals surface area contributed by atoms with E-state index in [4.69, 9.17) is 0 Å². The zero-order valence-electron chi connectivity index (χ0n) is 11.9. The summed E-state index contributed by atoms with van der Waals surface area (Å²) in [6, 6.07) is 10.5. The summed E-state index contributed by atoms with van der Waals surface area (Å²) in [5, 5.41) is 3.15. The summed E-state index contributed by atoms with van der Waals surface area (Å²) in [5.41, 5.74) is 4.50. The molecule has 3 rings (SSSR count). The molecular formula is C17H20N2O. The maximum atomic E-state index is 12.1. The molecule has 1 aromatic heterocycles. The zero-order chi connectivity index (χ0) is 13.9. The molecule has 0 aliphatic heterocycles. The van der Waals surface area contributed by atoms with Crippen molar-refractivity contribution in [3.63, 3.8) is 0 Å². The predicted molar refractivity (Wildman–Crippen MR) is 80.4 cm³/mol. The number of nitrogens with one attached hydrogen (secondary N) is 1. The van der Waals surface area contributed by atoms with Gasteiger partial charge in [0.05, 0.1) is 0 Å². The molecule has 104 valence electrons. The average molecular weight is 268 g/mol. The van der Waals surface area contributed by atoms with Gasteiger partial charge in [-0.25, -0.2) is 0 Å². The van der Waals surface area contributed by atoms with Crippen molar-refractivity contribution in [3.8, 4) is 5.69 Å². The maximum Gasteiger partial charge on any atom is 0.164 e. The summed E-state index contributed by atoms with van der Waals surface area (Å²) < 4.78 is 2.17. The highest BCUT2D eigenvalue weighted by molar-refractivity contribution is 5.97. The standard InChI is InChI=1S/C17H20N2O/c1-18-12-13-6-8-14(9-7-13)19-11-10-15-16(19)4-2-3-5-17(15)20/h6-11,18H,2-5,12H2,1H3. The second-order valence-corrected chi connectivity index (χ2v) is 5.37. The van der Waals surface area contributed by atoms with E-state index in [1.807, 2.05) is 19.3 Å². The number of benzene rings is 1. The molecule has 0 spiro atoms. The van der Waals surface area contributed by atoms with Crippen LogP contribution in [0.1, 0.15) is 40.9 Å². The number of hydrogen-bond acceptors (Lipinski definition) is 2. The van der Waals surface area contributed by atoms with Gasteiger partial charge in [-0.3, -0.25) is 4.79 Å². The van der Waals surface area contributed by atoms with Crippen molar-refractivity contribution in [2.45, 2.75) is 32.2 Å². The summed E-state index contributed by atoms with van der Waals surface area (Å²) in [7, 11) is 1.95. The van der Waals surface area contributed by atoms with E-state index >= 15 is 0 Å². The van der Waals surface area contributed by atoms with Crippen LogP contribution in [-0.4, -0.2) is 17.4 Å². The molecule has 0 radical (unpaired) electrons. The first-order chi connectivity index (χ1) is 9.79. The molecule has 0 unspecified atom stereocenters. The van der Waals surface area contributed by atoms with Crippen LogP contribution in [0.4, 0.5) is 0 Å². The Hall–Kier alpha value is -1.87. The number of aromatic nitrogens is 1. The van der Waals surface area contributed by atoms with Crippen LogP contribution in [0.2, 0.25) is 0 Å². The maximum absolute atomic E-state index is 12.1. The molecule has 1 heterocycles. The first kappa shape index (κ1) is 13.1. The van der Waals surface area contributed by atoms with E-state index in [0.29, 0.717) is 12.2 Å². The Morgan fingerprint density at radius 2 is 1.85 bits per heavy atom. The summed E-state index contributed by atoms with van der Waals surface area (Å²) in [4.78, 5) is 12.1. The van der Waals surface area contributed by atoms with Crippen LogP contribution in [0, 0.1) is 0 Å². The highest BCUT2D eigenvalue weighted by atomic mass is 16.1. The van der Waals surface area contributed by atoms with E-state index in [0.717, 1.165) is 37.1 Å². The number of hydrogen-bond donors (Lipinski definition) is 1. The Balaban J connectivity index is 1.96. The third-order valence-electron chi connectivity index (χ3n) is 3.96. The van der Waals surface area contributed by atoms with E-state index in [1.54, 1.807) is 0 Å². The van der Waals surface area contributed by atoms with Gasteiger partial charge in [0, 0.05) is 36.1 Å². The summed E-state index contributed by atoms with van der Waals surface area (Å²) in [6.45, 7) is 0.878.